The lowest BCUT2D eigenvalue weighted by atomic mass is 9.93. The van der Waals surface area contributed by atoms with Gasteiger partial charge in [-0.1, -0.05) is 30.3 Å². The van der Waals surface area contributed by atoms with Crippen LogP contribution in [0.4, 0.5) is 9.59 Å². The molecule has 7 heteroatoms. The minimum absolute atomic E-state index is 0.193. The Bertz CT molecular complexity index is 703. The molecule has 2 aliphatic rings. The molecule has 0 bridgehead atoms. The van der Waals surface area contributed by atoms with Gasteiger partial charge in [-0.25, -0.2) is 9.59 Å². The van der Waals surface area contributed by atoms with Gasteiger partial charge >= 0.3 is 12.2 Å². The summed E-state index contributed by atoms with van der Waals surface area (Å²) in [5.41, 5.74) is 0.566. The van der Waals surface area contributed by atoms with Gasteiger partial charge < -0.3 is 19.3 Å². The number of hydrogen-bond donors (Lipinski definition) is 0. The summed E-state index contributed by atoms with van der Waals surface area (Å²) in [6.45, 7) is 11.8. The average molecular weight is 432 g/mol. The van der Waals surface area contributed by atoms with E-state index >= 15 is 0 Å². The van der Waals surface area contributed by atoms with E-state index in [1.807, 2.05) is 56.0 Å². The third-order valence-electron chi connectivity index (χ3n) is 5.96. The number of rotatable bonds is 5. The molecule has 1 aromatic rings. The van der Waals surface area contributed by atoms with Gasteiger partial charge in [0.1, 0.15) is 12.2 Å². The number of hydrogen-bond acceptors (Lipinski definition) is 5. The maximum atomic E-state index is 12.3. The Morgan fingerprint density at radius 3 is 2.13 bits per heavy atom. The molecular weight excluding hydrogens is 394 g/mol. The van der Waals surface area contributed by atoms with E-state index in [0.717, 1.165) is 57.5 Å². The zero-order valence-electron chi connectivity index (χ0n) is 19.2. The second-order valence-electron chi connectivity index (χ2n) is 9.57. The number of nitrogens with zero attached hydrogens (tertiary/aromatic N) is 3. The van der Waals surface area contributed by atoms with Crippen LogP contribution in [-0.4, -0.2) is 78.3 Å². The van der Waals surface area contributed by atoms with E-state index in [2.05, 4.69) is 4.90 Å². The summed E-state index contributed by atoms with van der Waals surface area (Å²) in [4.78, 5) is 30.6. The first-order chi connectivity index (χ1) is 14.8. The lowest BCUT2D eigenvalue weighted by Crippen LogP contribution is -2.49. The minimum atomic E-state index is -0.440. The average Bonchev–Trinajstić information content (AvgIpc) is 2.76. The van der Waals surface area contributed by atoms with Crippen molar-refractivity contribution in [3.8, 4) is 0 Å². The van der Waals surface area contributed by atoms with Crippen molar-refractivity contribution in [2.45, 2.75) is 52.2 Å². The highest BCUT2D eigenvalue weighted by Gasteiger charge is 2.28. The largest absolute Gasteiger partial charge is 0.445 e. The molecule has 1 aromatic carbocycles. The molecule has 2 aliphatic heterocycles. The van der Waals surface area contributed by atoms with Gasteiger partial charge in [-0.15, -0.1) is 0 Å². The molecule has 172 valence electrons. The number of carbonyl (C=O) groups is 2. The zero-order chi connectivity index (χ0) is 22.3. The monoisotopic (exact) mass is 431 g/mol. The number of amides is 2. The Kier molecular flexibility index (Phi) is 8.18. The van der Waals surface area contributed by atoms with Crippen molar-refractivity contribution in [3.63, 3.8) is 0 Å². The molecule has 0 radical (unpaired) electrons. The maximum absolute atomic E-state index is 12.3. The van der Waals surface area contributed by atoms with Crippen LogP contribution in [0.2, 0.25) is 0 Å². The van der Waals surface area contributed by atoms with E-state index in [9.17, 15) is 9.59 Å². The van der Waals surface area contributed by atoms with Crippen molar-refractivity contribution in [3.05, 3.63) is 35.9 Å². The Morgan fingerprint density at radius 1 is 0.903 bits per heavy atom. The van der Waals surface area contributed by atoms with Crippen LogP contribution >= 0.6 is 0 Å². The first-order valence-electron chi connectivity index (χ1n) is 11.5. The van der Waals surface area contributed by atoms with Crippen LogP contribution in [-0.2, 0) is 16.1 Å². The number of piperazine rings is 1. The van der Waals surface area contributed by atoms with Gasteiger partial charge in [-0.3, -0.25) is 4.90 Å². The number of carbonyl (C=O) groups excluding carboxylic acids is 2. The van der Waals surface area contributed by atoms with Crippen molar-refractivity contribution in [2.24, 2.45) is 5.92 Å². The molecule has 0 unspecified atom stereocenters. The molecule has 31 heavy (non-hydrogen) atoms. The molecule has 7 nitrogen and oxygen atoms in total. The van der Waals surface area contributed by atoms with Crippen LogP contribution in [0, 0.1) is 5.92 Å². The van der Waals surface area contributed by atoms with Crippen LogP contribution in [0.15, 0.2) is 30.3 Å². The molecule has 2 fully saturated rings. The molecular formula is C24H37N3O4. The predicted molar refractivity (Wildman–Crippen MR) is 120 cm³/mol. The number of piperidine rings is 1. The Balaban J connectivity index is 1.29. The van der Waals surface area contributed by atoms with E-state index in [-0.39, 0.29) is 12.2 Å². The summed E-state index contributed by atoms with van der Waals surface area (Å²) in [6, 6.07) is 9.77. The third kappa shape index (κ3) is 7.73. The van der Waals surface area contributed by atoms with E-state index in [4.69, 9.17) is 9.47 Å². The minimum Gasteiger partial charge on any atom is -0.445 e. The standard InChI is InChI=1S/C24H37N3O4/c1-24(2,3)31-23(29)26-13-10-20(11-14-26)9-12-25-15-17-27(18-16-25)22(28)30-19-21-7-5-4-6-8-21/h4-8,20H,9-19H2,1-3H3. The molecule has 0 saturated carbocycles. The topological polar surface area (TPSA) is 62.3 Å². The van der Waals surface area contributed by atoms with Crippen LogP contribution in [0.5, 0.6) is 0 Å². The smallest absolute Gasteiger partial charge is 0.410 e. The quantitative estimate of drug-likeness (QED) is 0.706. The normalized spacial score (nSPS) is 18.7. The van der Waals surface area contributed by atoms with Crippen molar-refractivity contribution >= 4 is 12.2 Å². The highest BCUT2D eigenvalue weighted by molar-refractivity contribution is 5.68. The Hall–Kier alpha value is -2.28. The highest BCUT2D eigenvalue weighted by Crippen LogP contribution is 2.23. The molecule has 0 aliphatic carbocycles. The molecule has 0 atom stereocenters. The zero-order valence-corrected chi connectivity index (χ0v) is 19.2. The fraction of sp³-hybridized carbons (Fsp3) is 0.667. The van der Waals surface area contributed by atoms with Crippen LogP contribution < -0.4 is 0 Å². The van der Waals surface area contributed by atoms with Crippen LogP contribution in [0.3, 0.4) is 0 Å². The highest BCUT2D eigenvalue weighted by atomic mass is 16.6. The fourth-order valence-electron chi connectivity index (χ4n) is 4.06. The Morgan fingerprint density at radius 2 is 1.52 bits per heavy atom. The molecule has 0 spiro atoms. The van der Waals surface area contributed by atoms with Crippen LogP contribution in [0.25, 0.3) is 0 Å². The van der Waals surface area contributed by atoms with Crippen LogP contribution in [0.1, 0.15) is 45.6 Å². The number of likely N-dealkylation sites (tertiary alicyclic amines) is 1. The lowest BCUT2D eigenvalue weighted by molar-refractivity contribution is 0.0174. The first kappa shape index (κ1) is 23.4. The third-order valence-corrected chi connectivity index (χ3v) is 5.96. The number of ether oxygens (including phenoxy) is 2. The molecule has 2 amide bonds. The van der Waals surface area contributed by atoms with Gasteiger partial charge in [0.05, 0.1) is 0 Å². The van der Waals surface area contributed by atoms with E-state index < -0.39 is 5.60 Å². The van der Waals surface area contributed by atoms with E-state index in [0.29, 0.717) is 25.6 Å². The maximum Gasteiger partial charge on any atom is 0.410 e. The molecule has 2 saturated heterocycles. The second-order valence-corrected chi connectivity index (χ2v) is 9.57. The molecule has 3 rings (SSSR count). The summed E-state index contributed by atoms with van der Waals surface area (Å²) in [5, 5.41) is 0. The van der Waals surface area contributed by atoms with Gasteiger partial charge in [0.15, 0.2) is 0 Å². The van der Waals surface area contributed by atoms with Gasteiger partial charge in [-0.2, -0.15) is 0 Å². The summed E-state index contributed by atoms with van der Waals surface area (Å²) in [6.07, 6.45) is 2.79. The van der Waals surface area contributed by atoms with Crippen molar-refractivity contribution in [1.82, 2.24) is 14.7 Å². The fourth-order valence-corrected chi connectivity index (χ4v) is 4.06. The van der Waals surface area contributed by atoms with Gasteiger partial charge in [0, 0.05) is 39.3 Å². The molecule has 2 heterocycles. The van der Waals surface area contributed by atoms with E-state index in [1.54, 1.807) is 4.90 Å². The second kappa shape index (κ2) is 10.8. The van der Waals surface area contributed by atoms with Gasteiger partial charge in [0.2, 0.25) is 0 Å². The molecule has 0 aromatic heterocycles. The van der Waals surface area contributed by atoms with Crippen molar-refractivity contribution < 1.29 is 19.1 Å². The van der Waals surface area contributed by atoms with Gasteiger partial charge in [-0.05, 0) is 58.1 Å². The predicted octanol–water partition coefficient (Wildman–Crippen LogP) is 3.98. The molecule has 0 N–H and O–H groups in total. The van der Waals surface area contributed by atoms with E-state index in [1.165, 1.54) is 0 Å². The van der Waals surface area contributed by atoms with Crippen molar-refractivity contribution in [2.75, 3.05) is 45.8 Å². The summed E-state index contributed by atoms with van der Waals surface area (Å²) < 4.78 is 10.9. The Labute approximate surface area is 186 Å². The summed E-state index contributed by atoms with van der Waals surface area (Å²) in [5.74, 6) is 0.646. The summed E-state index contributed by atoms with van der Waals surface area (Å²) in [7, 11) is 0. The first-order valence-corrected chi connectivity index (χ1v) is 11.5. The summed E-state index contributed by atoms with van der Waals surface area (Å²) >= 11 is 0. The number of benzene rings is 1. The van der Waals surface area contributed by atoms with Crippen molar-refractivity contribution in [1.29, 1.82) is 0 Å². The van der Waals surface area contributed by atoms with Gasteiger partial charge in [0.25, 0.3) is 0 Å². The lowest BCUT2D eigenvalue weighted by Gasteiger charge is -2.36. The SMILES string of the molecule is CC(C)(C)OC(=O)N1CCC(CCN2CCN(C(=O)OCc3ccccc3)CC2)CC1.